The van der Waals surface area contributed by atoms with E-state index in [0.29, 0.717) is 10.4 Å². The largest absolute Gasteiger partial charge is 0.327 e. The maximum atomic E-state index is 10.6. The zero-order valence-corrected chi connectivity index (χ0v) is 11.6. The van der Waals surface area contributed by atoms with Crippen LogP contribution in [0.5, 0.6) is 0 Å². The number of hydrogen-bond acceptors (Lipinski definition) is 4. The molecule has 1 heterocycles. The lowest BCUT2D eigenvalue weighted by Crippen LogP contribution is -2.29. The molecule has 17 heavy (non-hydrogen) atoms. The maximum Gasteiger partial charge on any atom is 0.288 e. The molecule has 94 valence electrons. The minimum atomic E-state index is -0.461. The number of rotatable bonds is 4. The molecule has 0 aliphatic rings. The fourth-order valence-corrected chi connectivity index (χ4v) is 2.56. The quantitative estimate of drug-likeness (QED) is 0.685. The summed E-state index contributed by atoms with van der Waals surface area (Å²) in [5.41, 5.74) is 6.70. The molecule has 0 saturated carbocycles. The Hall–Kier alpha value is -1.01. The van der Waals surface area contributed by atoms with Gasteiger partial charge in [0, 0.05) is 22.5 Å². The van der Waals surface area contributed by atoms with Gasteiger partial charge < -0.3 is 5.73 Å². The van der Waals surface area contributed by atoms with Gasteiger partial charge in [0.15, 0.2) is 0 Å². The summed E-state index contributed by atoms with van der Waals surface area (Å²) < 4.78 is 0.641. The minimum absolute atomic E-state index is 0.0206. The van der Waals surface area contributed by atoms with E-state index in [-0.39, 0.29) is 17.6 Å². The van der Waals surface area contributed by atoms with Gasteiger partial charge in [0.05, 0.1) is 10.6 Å². The van der Waals surface area contributed by atoms with Gasteiger partial charge in [-0.25, -0.2) is 0 Å². The van der Waals surface area contributed by atoms with Gasteiger partial charge in [-0.15, -0.1) is 0 Å². The average Bonchev–Trinajstić information content (AvgIpc) is 2.19. The van der Waals surface area contributed by atoms with Gasteiger partial charge in [0.2, 0.25) is 0 Å². The van der Waals surface area contributed by atoms with Crippen molar-refractivity contribution in [3.63, 3.8) is 0 Å². The predicted molar refractivity (Wildman–Crippen MR) is 69.8 cm³/mol. The molecule has 0 spiro atoms. The fraction of sp³-hybridized carbons (Fsp3) is 0.545. The van der Waals surface area contributed by atoms with Gasteiger partial charge in [0.1, 0.15) is 6.20 Å². The molecular weight excluding hydrogens is 286 g/mol. The second-order valence-corrected chi connectivity index (χ2v) is 5.30. The van der Waals surface area contributed by atoms with Crippen LogP contribution >= 0.6 is 15.9 Å². The molecule has 0 aliphatic heterocycles. The van der Waals surface area contributed by atoms with Crippen molar-refractivity contribution in [2.75, 3.05) is 0 Å². The van der Waals surface area contributed by atoms with Gasteiger partial charge in [-0.2, -0.15) is 0 Å². The van der Waals surface area contributed by atoms with E-state index in [1.165, 1.54) is 12.3 Å². The van der Waals surface area contributed by atoms with Gasteiger partial charge in [-0.05, 0) is 28.8 Å². The first-order valence-electron chi connectivity index (χ1n) is 5.40. The van der Waals surface area contributed by atoms with E-state index in [2.05, 4.69) is 34.8 Å². The van der Waals surface area contributed by atoms with E-state index >= 15 is 0 Å². The van der Waals surface area contributed by atoms with Crippen LogP contribution in [0.25, 0.3) is 0 Å². The molecule has 0 aromatic carbocycles. The lowest BCUT2D eigenvalue weighted by Gasteiger charge is -2.24. The van der Waals surface area contributed by atoms with Crippen LogP contribution in [0.1, 0.15) is 32.4 Å². The lowest BCUT2D eigenvalue weighted by molar-refractivity contribution is -0.385. The van der Waals surface area contributed by atoms with Gasteiger partial charge in [0.25, 0.3) is 5.69 Å². The normalized spacial score (nSPS) is 14.7. The van der Waals surface area contributed by atoms with Crippen molar-refractivity contribution in [2.24, 2.45) is 11.7 Å². The molecule has 1 rings (SSSR count). The van der Waals surface area contributed by atoms with Crippen molar-refractivity contribution < 1.29 is 4.92 Å². The van der Waals surface area contributed by atoms with E-state index < -0.39 is 4.92 Å². The highest BCUT2D eigenvalue weighted by molar-refractivity contribution is 9.10. The molecule has 1 aromatic heterocycles. The number of halogens is 1. The molecular formula is C11H16BrN3O2. The number of nitro groups is 1. The molecule has 6 heteroatoms. The summed E-state index contributed by atoms with van der Waals surface area (Å²) in [6.07, 6.45) is 1.28. The maximum absolute atomic E-state index is 10.6. The summed E-state index contributed by atoms with van der Waals surface area (Å²) in [6, 6.07) is 1.42. The summed E-state index contributed by atoms with van der Waals surface area (Å²) in [6.45, 7) is 6.04. The Kier molecular flexibility index (Phi) is 4.59. The number of nitrogens with two attached hydrogens (primary N) is 1. The first kappa shape index (κ1) is 14.1. The Balaban J connectivity index is 3.18. The molecule has 2 atom stereocenters. The third-order valence-corrected chi connectivity index (χ3v) is 3.30. The van der Waals surface area contributed by atoms with Crippen LogP contribution in [0, 0.1) is 16.0 Å². The second kappa shape index (κ2) is 5.55. The SMILES string of the molecule is CC(C)C(c1ncc([N+](=O)[O-])cc1Br)C(C)N. The predicted octanol–water partition coefficient (Wildman–Crippen LogP) is 2.84. The van der Waals surface area contributed by atoms with Gasteiger partial charge in [-0.3, -0.25) is 15.1 Å². The third kappa shape index (κ3) is 3.23. The Bertz CT molecular complexity index is 413. The first-order chi connectivity index (χ1) is 7.84. The molecule has 0 fully saturated rings. The topological polar surface area (TPSA) is 82.0 Å². The van der Waals surface area contributed by atoms with E-state index in [1.54, 1.807) is 0 Å². The Morgan fingerprint density at radius 1 is 1.47 bits per heavy atom. The number of aromatic nitrogens is 1. The standard InChI is InChI=1S/C11H16BrN3O2/c1-6(2)10(7(3)13)11-9(12)4-8(5-14-11)15(16)17/h4-7,10H,13H2,1-3H3. The van der Waals surface area contributed by atoms with Gasteiger partial charge >= 0.3 is 0 Å². The highest BCUT2D eigenvalue weighted by Gasteiger charge is 2.25. The number of pyridine rings is 1. The smallest absolute Gasteiger partial charge is 0.288 e. The number of nitrogens with zero attached hydrogens (tertiary/aromatic N) is 2. The molecule has 0 saturated heterocycles. The summed E-state index contributed by atoms with van der Waals surface area (Å²) >= 11 is 3.33. The molecule has 0 radical (unpaired) electrons. The zero-order chi connectivity index (χ0) is 13.2. The molecule has 1 aromatic rings. The van der Waals surface area contributed by atoms with E-state index in [4.69, 9.17) is 5.73 Å². The van der Waals surface area contributed by atoms with Crippen LogP contribution < -0.4 is 5.73 Å². The van der Waals surface area contributed by atoms with E-state index in [0.717, 1.165) is 5.69 Å². The monoisotopic (exact) mass is 301 g/mol. The van der Waals surface area contributed by atoms with Crippen molar-refractivity contribution in [1.29, 1.82) is 0 Å². The van der Waals surface area contributed by atoms with Crippen molar-refractivity contribution in [3.8, 4) is 0 Å². The van der Waals surface area contributed by atoms with Crippen molar-refractivity contribution in [1.82, 2.24) is 4.98 Å². The van der Waals surface area contributed by atoms with Crippen LogP contribution in [0.2, 0.25) is 0 Å². The summed E-state index contributed by atoms with van der Waals surface area (Å²) in [7, 11) is 0. The zero-order valence-electron chi connectivity index (χ0n) is 10.1. The summed E-state index contributed by atoms with van der Waals surface area (Å²) in [4.78, 5) is 14.3. The molecule has 5 nitrogen and oxygen atoms in total. The first-order valence-corrected chi connectivity index (χ1v) is 6.19. The van der Waals surface area contributed by atoms with Crippen LogP contribution in [-0.4, -0.2) is 15.9 Å². The Labute approximate surface area is 109 Å². The molecule has 2 N–H and O–H groups in total. The van der Waals surface area contributed by atoms with E-state index in [1.807, 2.05) is 6.92 Å². The van der Waals surface area contributed by atoms with E-state index in [9.17, 15) is 10.1 Å². The van der Waals surface area contributed by atoms with Crippen LogP contribution in [0.15, 0.2) is 16.7 Å². The fourth-order valence-electron chi connectivity index (χ4n) is 1.96. The Morgan fingerprint density at radius 3 is 2.41 bits per heavy atom. The highest BCUT2D eigenvalue weighted by atomic mass is 79.9. The minimum Gasteiger partial charge on any atom is -0.327 e. The summed E-state index contributed by atoms with van der Waals surface area (Å²) in [5.74, 6) is 0.394. The lowest BCUT2D eigenvalue weighted by atomic mass is 9.86. The molecule has 0 bridgehead atoms. The van der Waals surface area contributed by atoms with Crippen molar-refractivity contribution in [2.45, 2.75) is 32.7 Å². The molecule has 2 unspecified atom stereocenters. The molecule has 0 aliphatic carbocycles. The van der Waals surface area contributed by atoms with Crippen LogP contribution in [-0.2, 0) is 0 Å². The third-order valence-electron chi connectivity index (χ3n) is 2.67. The van der Waals surface area contributed by atoms with Crippen molar-refractivity contribution in [3.05, 3.63) is 32.5 Å². The second-order valence-electron chi connectivity index (χ2n) is 4.45. The van der Waals surface area contributed by atoms with Gasteiger partial charge in [-0.1, -0.05) is 13.8 Å². The number of hydrogen-bond donors (Lipinski definition) is 1. The summed E-state index contributed by atoms with van der Waals surface area (Å²) in [5, 5.41) is 10.6. The van der Waals surface area contributed by atoms with Crippen molar-refractivity contribution >= 4 is 21.6 Å². The average molecular weight is 302 g/mol. The molecule has 0 amide bonds. The van der Waals surface area contributed by atoms with Crippen LogP contribution in [0.4, 0.5) is 5.69 Å². The highest BCUT2D eigenvalue weighted by Crippen LogP contribution is 2.32. The Morgan fingerprint density at radius 2 is 2.06 bits per heavy atom. The van der Waals surface area contributed by atoms with Crippen LogP contribution in [0.3, 0.4) is 0 Å².